The molecule has 1 amide bonds. The van der Waals surface area contributed by atoms with E-state index in [1.165, 1.54) is 37.2 Å². The van der Waals surface area contributed by atoms with Gasteiger partial charge in [-0.3, -0.25) is 9.20 Å². The average molecular weight is 486 g/mol. The van der Waals surface area contributed by atoms with Crippen LogP contribution >= 0.6 is 11.6 Å². The summed E-state index contributed by atoms with van der Waals surface area (Å²) in [4.78, 5) is 24.2. The maximum absolute atomic E-state index is 13.0. The Hall–Kier alpha value is -3.38. The number of amides is 1. The number of fused-ring (bicyclic) bond motifs is 1. The number of rotatable bonds is 6. The molecule has 2 aromatic heterocycles. The summed E-state index contributed by atoms with van der Waals surface area (Å²) >= 11 is 6.10. The second-order valence-electron chi connectivity index (χ2n) is 9.92. The molecular weight excluding hydrogens is 458 g/mol. The van der Waals surface area contributed by atoms with Crippen LogP contribution in [0, 0.1) is 5.41 Å². The predicted molar refractivity (Wildman–Crippen MR) is 138 cm³/mol. The van der Waals surface area contributed by atoms with Crippen molar-refractivity contribution in [3.63, 3.8) is 0 Å². The molecule has 0 atom stereocenters. The topological polar surface area (TPSA) is 62.5 Å². The molecule has 6 nitrogen and oxygen atoms in total. The Labute approximate surface area is 210 Å². The summed E-state index contributed by atoms with van der Waals surface area (Å²) in [5.74, 6) is 0.952. The summed E-state index contributed by atoms with van der Waals surface area (Å²) in [5, 5.41) is 3.51. The van der Waals surface area contributed by atoms with Crippen molar-refractivity contribution in [3.8, 4) is 0 Å². The first-order chi connectivity index (χ1) is 17.0. The van der Waals surface area contributed by atoms with E-state index in [2.05, 4.69) is 74.8 Å². The lowest BCUT2D eigenvalue weighted by Crippen LogP contribution is -2.61. The van der Waals surface area contributed by atoms with E-state index in [1.54, 1.807) is 16.8 Å². The van der Waals surface area contributed by atoms with Crippen molar-refractivity contribution in [1.29, 1.82) is 0 Å². The highest BCUT2D eigenvalue weighted by Crippen LogP contribution is 2.56. The van der Waals surface area contributed by atoms with Crippen molar-refractivity contribution < 1.29 is 4.79 Å². The SMILES string of the molecule is CCc1nc2ncc(Cl)cn2c1C(=O)NCc1ccc(C2CC3(C2)CN(c2ccccc2)C3)cc1. The number of carbonyl (C=O) groups excluding carboxylic acids is 1. The Morgan fingerprint density at radius 1 is 1.11 bits per heavy atom. The van der Waals surface area contributed by atoms with Gasteiger partial charge in [0, 0.05) is 36.9 Å². The minimum atomic E-state index is -0.170. The Morgan fingerprint density at radius 2 is 1.86 bits per heavy atom. The van der Waals surface area contributed by atoms with Gasteiger partial charge < -0.3 is 10.2 Å². The van der Waals surface area contributed by atoms with Gasteiger partial charge in [0.05, 0.1) is 16.9 Å². The van der Waals surface area contributed by atoms with E-state index >= 15 is 0 Å². The molecule has 0 unspecified atom stereocenters. The number of hydrogen-bond acceptors (Lipinski definition) is 4. The summed E-state index contributed by atoms with van der Waals surface area (Å²) in [5.41, 5.74) is 5.53. The van der Waals surface area contributed by atoms with Crippen LogP contribution in [0.2, 0.25) is 5.02 Å². The standard InChI is InChI=1S/C28H28ClN5O/c1-2-24-25(34-16-22(29)15-31-27(34)32-24)26(35)30-14-19-8-10-20(11-9-19)21-12-28(13-21)17-33(18-28)23-6-4-3-5-7-23/h3-11,15-16,21H,2,12-14,17-18H2,1H3,(H,30,35). The van der Waals surface area contributed by atoms with Crippen LogP contribution in [-0.2, 0) is 13.0 Å². The normalized spacial score (nSPS) is 16.8. The van der Waals surface area contributed by atoms with E-state index in [0.717, 1.165) is 5.56 Å². The molecule has 4 aromatic rings. The van der Waals surface area contributed by atoms with Gasteiger partial charge in [-0.15, -0.1) is 0 Å². The largest absolute Gasteiger partial charge is 0.370 e. The molecule has 3 heterocycles. The van der Waals surface area contributed by atoms with Crippen LogP contribution in [0.4, 0.5) is 5.69 Å². The number of para-hydroxylation sites is 1. The summed E-state index contributed by atoms with van der Waals surface area (Å²) in [6.45, 7) is 4.78. The molecule has 1 saturated heterocycles. The Kier molecular flexibility index (Phi) is 5.49. The number of carbonyl (C=O) groups is 1. The monoisotopic (exact) mass is 485 g/mol. The van der Waals surface area contributed by atoms with Crippen molar-refractivity contribution >= 4 is 29.0 Å². The Morgan fingerprint density at radius 3 is 2.57 bits per heavy atom. The highest BCUT2D eigenvalue weighted by atomic mass is 35.5. The molecule has 2 aromatic carbocycles. The molecule has 2 aliphatic rings. The highest BCUT2D eigenvalue weighted by molar-refractivity contribution is 6.30. The third-order valence-electron chi connectivity index (χ3n) is 7.51. The Balaban J connectivity index is 1.05. The van der Waals surface area contributed by atoms with Crippen LogP contribution in [0.1, 0.15) is 53.0 Å². The van der Waals surface area contributed by atoms with Crippen LogP contribution in [0.5, 0.6) is 0 Å². The van der Waals surface area contributed by atoms with Gasteiger partial charge in [-0.05, 0) is 48.4 Å². The summed E-state index contributed by atoms with van der Waals surface area (Å²) in [6.07, 6.45) is 6.39. The van der Waals surface area contributed by atoms with Gasteiger partial charge in [-0.1, -0.05) is 61.0 Å². The third-order valence-corrected chi connectivity index (χ3v) is 7.70. The molecule has 178 valence electrons. The second-order valence-corrected chi connectivity index (χ2v) is 10.4. The Bertz CT molecular complexity index is 1370. The number of imidazole rings is 1. The van der Waals surface area contributed by atoms with Crippen molar-refractivity contribution in [2.75, 3.05) is 18.0 Å². The van der Waals surface area contributed by atoms with E-state index < -0.39 is 0 Å². The number of benzene rings is 2. The van der Waals surface area contributed by atoms with Crippen LogP contribution in [0.15, 0.2) is 67.0 Å². The van der Waals surface area contributed by atoms with Crippen molar-refractivity contribution in [3.05, 3.63) is 94.5 Å². The molecule has 1 saturated carbocycles. The van der Waals surface area contributed by atoms with Crippen LogP contribution < -0.4 is 10.2 Å². The van der Waals surface area contributed by atoms with Crippen LogP contribution in [0.25, 0.3) is 5.78 Å². The molecule has 1 aliphatic heterocycles. The zero-order valence-corrected chi connectivity index (χ0v) is 20.5. The van der Waals surface area contributed by atoms with Crippen LogP contribution in [0.3, 0.4) is 0 Å². The third kappa shape index (κ3) is 4.06. The molecule has 7 heteroatoms. The molecule has 1 N–H and O–H groups in total. The van der Waals surface area contributed by atoms with E-state index in [1.807, 2.05) is 6.92 Å². The van der Waals surface area contributed by atoms with Crippen molar-refractivity contribution in [2.45, 2.75) is 38.6 Å². The fraction of sp³-hybridized carbons (Fsp3) is 0.321. The minimum absolute atomic E-state index is 0.170. The predicted octanol–water partition coefficient (Wildman–Crippen LogP) is 5.26. The molecule has 0 bridgehead atoms. The summed E-state index contributed by atoms with van der Waals surface area (Å²) in [7, 11) is 0. The maximum Gasteiger partial charge on any atom is 0.270 e. The number of halogens is 1. The highest BCUT2D eigenvalue weighted by Gasteiger charge is 2.52. The van der Waals surface area contributed by atoms with Gasteiger partial charge >= 0.3 is 0 Å². The van der Waals surface area contributed by atoms with Gasteiger partial charge in [-0.2, -0.15) is 0 Å². The van der Waals surface area contributed by atoms with Gasteiger partial charge in [0.2, 0.25) is 5.78 Å². The van der Waals surface area contributed by atoms with Crippen molar-refractivity contribution in [2.24, 2.45) is 5.41 Å². The zero-order valence-electron chi connectivity index (χ0n) is 19.7. The quantitative estimate of drug-likeness (QED) is 0.404. The second kappa shape index (κ2) is 8.68. The van der Waals surface area contributed by atoms with Crippen molar-refractivity contribution in [1.82, 2.24) is 19.7 Å². The van der Waals surface area contributed by atoms with E-state index in [-0.39, 0.29) is 5.91 Å². The lowest BCUT2D eigenvalue weighted by atomic mass is 9.56. The van der Waals surface area contributed by atoms with E-state index in [4.69, 9.17) is 11.6 Å². The zero-order chi connectivity index (χ0) is 24.0. The lowest BCUT2D eigenvalue weighted by Gasteiger charge is -2.60. The molecule has 0 radical (unpaired) electrons. The molecule has 1 aliphatic carbocycles. The first-order valence-electron chi connectivity index (χ1n) is 12.2. The first kappa shape index (κ1) is 22.1. The summed E-state index contributed by atoms with van der Waals surface area (Å²) < 4.78 is 1.67. The first-order valence-corrected chi connectivity index (χ1v) is 12.6. The fourth-order valence-electron chi connectivity index (χ4n) is 5.68. The number of anilines is 1. The number of nitrogens with one attached hydrogen (secondary N) is 1. The molecule has 1 spiro atoms. The minimum Gasteiger partial charge on any atom is -0.370 e. The van der Waals surface area contributed by atoms with Gasteiger partial charge in [0.15, 0.2) is 0 Å². The number of aryl methyl sites for hydroxylation is 1. The summed E-state index contributed by atoms with van der Waals surface area (Å²) in [6, 6.07) is 19.4. The van der Waals surface area contributed by atoms with E-state index in [9.17, 15) is 4.79 Å². The molecule has 6 rings (SSSR count). The van der Waals surface area contributed by atoms with Gasteiger partial charge in [0.25, 0.3) is 5.91 Å². The van der Waals surface area contributed by atoms with Gasteiger partial charge in [-0.25, -0.2) is 9.97 Å². The smallest absolute Gasteiger partial charge is 0.270 e. The van der Waals surface area contributed by atoms with E-state index in [0.29, 0.717) is 46.5 Å². The number of nitrogens with zero attached hydrogens (tertiary/aromatic N) is 4. The fourth-order valence-corrected chi connectivity index (χ4v) is 5.83. The van der Waals surface area contributed by atoms with Crippen LogP contribution in [-0.4, -0.2) is 33.4 Å². The van der Waals surface area contributed by atoms with Gasteiger partial charge in [0.1, 0.15) is 5.69 Å². The number of aromatic nitrogens is 3. The molecular formula is C28H28ClN5O. The molecule has 2 fully saturated rings. The molecule has 35 heavy (non-hydrogen) atoms. The average Bonchev–Trinajstić information content (AvgIpc) is 3.20. The number of hydrogen-bond donors (Lipinski definition) is 1. The maximum atomic E-state index is 13.0. The lowest BCUT2D eigenvalue weighted by molar-refractivity contribution is 0.0634.